The summed E-state index contributed by atoms with van der Waals surface area (Å²) in [7, 11) is 0. The molecule has 0 spiro atoms. The van der Waals surface area contributed by atoms with Crippen LogP contribution in [0.3, 0.4) is 0 Å². The largest absolute Gasteiger partial charge is 0.378 e. The number of benzene rings is 1. The Morgan fingerprint density at radius 1 is 1.25 bits per heavy atom. The van der Waals surface area contributed by atoms with Crippen LogP contribution in [0, 0.1) is 18.6 Å². The SMILES string of the molecule is CC(=O)Nc1ccsc1CNc1cc(F)c(C)cc1F. The summed E-state index contributed by atoms with van der Waals surface area (Å²) in [6.07, 6.45) is 0. The molecule has 0 atom stereocenters. The summed E-state index contributed by atoms with van der Waals surface area (Å²) in [5, 5.41) is 7.36. The zero-order valence-electron chi connectivity index (χ0n) is 11.1. The molecule has 1 aromatic carbocycles. The first-order valence-corrected chi connectivity index (χ1v) is 6.89. The molecule has 0 bridgehead atoms. The van der Waals surface area contributed by atoms with Crippen LogP contribution in [0.4, 0.5) is 20.2 Å². The Hall–Kier alpha value is -1.95. The van der Waals surface area contributed by atoms with Crippen molar-refractivity contribution in [2.45, 2.75) is 20.4 Å². The molecular weight excluding hydrogens is 282 g/mol. The molecule has 1 aromatic heterocycles. The van der Waals surface area contributed by atoms with E-state index in [1.165, 1.54) is 25.2 Å². The predicted molar refractivity (Wildman–Crippen MR) is 77.0 cm³/mol. The van der Waals surface area contributed by atoms with Crippen molar-refractivity contribution in [2.75, 3.05) is 10.6 Å². The molecule has 0 aliphatic rings. The Morgan fingerprint density at radius 3 is 2.70 bits per heavy atom. The average Bonchev–Trinajstić information content (AvgIpc) is 2.79. The van der Waals surface area contributed by atoms with Gasteiger partial charge in [0.1, 0.15) is 11.6 Å². The number of rotatable bonds is 4. The smallest absolute Gasteiger partial charge is 0.221 e. The van der Waals surface area contributed by atoms with E-state index in [-0.39, 0.29) is 17.2 Å². The number of hydrogen-bond donors (Lipinski definition) is 2. The Labute approximate surface area is 119 Å². The van der Waals surface area contributed by atoms with Gasteiger partial charge in [-0.2, -0.15) is 0 Å². The molecule has 0 unspecified atom stereocenters. The third kappa shape index (κ3) is 3.33. The molecule has 6 heteroatoms. The Kier molecular flexibility index (Phi) is 4.34. The maximum Gasteiger partial charge on any atom is 0.221 e. The van der Waals surface area contributed by atoms with Gasteiger partial charge in [-0.25, -0.2) is 8.78 Å². The van der Waals surface area contributed by atoms with E-state index in [4.69, 9.17) is 0 Å². The quantitative estimate of drug-likeness (QED) is 0.898. The fourth-order valence-electron chi connectivity index (χ4n) is 1.74. The van der Waals surface area contributed by atoms with Crippen molar-refractivity contribution in [3.63, 3.8) is 0 Å². The molecule has 106 valence electrons. The highest BCUT2D eigenvalue weighted by Gasteiger charge is 2.09. The second-order valence-electron chi connectivity index (χ2n) is 4.37. The Morgan fingerprint density at radius 2 is 2.00 bits per heavy atom. The molecule has 0 radical (unpaired) electrons. The van der Waals surface area contributed by atoms with Crippen LogP contribution in [-0.4, -0.2) is 5.91 Å². The molecule has 1 heterocycles. The monoisotopic (exact) mass is 296 g/mol. The van der Waals surface area contributed by atoms with Gasteiger partial charge < -0.3 is 10.6 Å². The molecule has 2 N–H and O–H groups in total. The van der Waals surface area contributed by atoms with Crippen molar-refractivity contribution in [1.29, 1.82) is 0 Å². The summed E-state index contributed by atoms with van der Waals surface area (Å²) in [6, 6.07) is 4.06. The Balaban J connectivity index is 2.11. The number of anilines is 2. The topological polar surface area (TPSA) is 41.1 Å². The summed E-state index contributed by atoms with van der Waals surface area (Å²) in [5.74, 6) is -1.12. The van der Waals surface area contributed by atoms with Crippen LogP contribution in [0.25, 0.3) is 0 Å². The minimum absolute atomic E-state index is 0.107. The lowest BCUT2D eigenvalue weighted by molar-refractivity contribution is -0.114. The van der Waals surface area contributed by atoms with Crippen molar-refractivity contribution in [3.8, 4) is 0 Å². The van der Waals surface area contributed by atoms with Crippen LogP contribution < -0.4 is 10.6 Å². The molecule has 20 heavy (non-hydrogen) atoms. The second-order valence-corrected chi connectivity index (χ2v) is 5.37. The lowest BCUT2D eigenvalue weighted by Gasteiger charge is -2.09. The van der Waals surface area contributed by atoms with Crippen LogP contribution in [0.15, 0.2) is 23.6 Å². The van der Waals surface area contributed by atoms with Crippen LogP contribution in [0.5, 0.6) is 0 Å². The van der Waals surface area contributed by atoms with Crippen LogP contribution in [-0.2, 0) is 11.3 Å². The molecule has 0 aliphatic heterocycles. The first kappa shape index (κ1) is 14.5. The van der Waals surface area contributed by atoms with Crippen LogP contribution in [0.2, 0.25) is 0 Å². The Bertz CT molecular complexity index is 640. The number of halogens is 2. The number of thiophene rings is 1. The number of nitrogens with one attached hydrogen (secondary N) is 2. The van der Waals surface area contributed by atoms with Gasteiger partial charge in [0.2, 0.25) is 5.91 Å². The summed E-state index contributed by atoms with van der Waals surface area (Å²) in [6.45, 7) is 3.24. The zero-order valence-corrected chi connectivity index (χ0v) is 11.9. The zero-order chi connectivity index (χ0) is 14.7. The van der Waals surface area contributed by atoms with Gasteiger partial charge in [0.15, 0.2) is 0 Å². The normalized spacial score (nSPS) is 10.4. The fraction of sp³-hybridized carbons (Fsp3) is 0.214. The van der Waals surface area contributed by atoms with Crippen molar-refractivity contribution in [3.05, 3.63) is 45.7 Å². The summed E-state index contributed by atoms with van der Waals surface area (Å²) >= 11 is 1.43. The van der Waals surface area contributed by atoms with E-state index in [0.717, 1.165) is 17.0 Å². The molecule has 0 saturated heterocycles. The van der Waals surface area contributed by atoms with Gasteiger partial charge in [0.05, 0.1) is 17.9 Å². The van der Waals surface area contributed by atoms with Gasteiger partial charge in [0, 0.05) is 17.9 Å². The fourth-order valence-corrected chi connectivity index (χ4v) is 2.51. The van der Waals surface area contributed by atoms with Gasteiger partial charge in [-0.15, -0.1) is 11.3 Å². The summed E-state index contributed by atoms with van der Waals surface area (Å²) < 4.78 is 27.1. The lowest BCUT2D eigenvalue weighted by atomic mass is 10.2. The third-order valence-corrected chi connectivity index (χ3v) is 3.66. The molecule has 0 fully saturated rings. The van der Waals surface area contributed by atoms with E-state index >= 15 is 0 Å². The van der Waals surface area contributed by atoms with Gasteiger partial charge in [-0.3, -0.25) is 4.79 Å². The summed E-state index contributed by atoms with van der Waals surface area (Å²) in [5.41, 5.74) is 1.06. The number of amides is 1. The molecule has 0 saturated carbocycles. The lowest BCUT2D eigenvalue weighted by Crippen LogP contribution is -2.08. The number of carbonyl (C=O) groups excluding carboxylic acids is 1. The first-order valence-electron chi connectivity index (χ1n) is 6.01. The molecule has 3 nitrogen and oxygen atoms in total. The minimum atomic E-state index is -0.499. The van der Waals surface area contributed by atoms with E-state index in [2.05, 4.69) is 10.6 Å². The number of hydrogen-bond acceptors (Lipinski definition) is 3. The highest BCUT2D eigenvalue weighted by molar-refractivity contribution is 7.10. The van der Waals surface area contributed by atoms with E-state index in [1.54, 1.807) is 6.07 Å². The van der Waals surface area contributed by atoms with Crippen molar-refractivity contribution in [1.82, 2.24) is 0 Å². The maximum atomic E-state index is 13.7. The molecule has 2 aromatic rings. The minimum Gasteiger partial charge on any atom is -0.378 e. The highest BCUT2D eigenvalue weighted by Crippen LogP contribution is 2.25. The van der Waals surface area contributed by atoms with Crippen molar-refractivity contribution < 1.29 is 13.6 Å². The van der Waals surface area contributed by atoms with E-state index < -0.39 is 11.6 Å². The number of carbonyl (C=O) groups is 1. The predicted octanol–water partition coefficient (Wildman–Crippen LogP) is 3.91. The summed E-state index contributed by atoms with van der Waals surface area (Å²) in [4.78, 5) is 11.9. The molecule has 2 rings (SSSR count). The highest BCUT2D eigenvalue weighted by atomic mass is 32.1. The molecule has 0 aliphatic carbocycles. The van der Waals surface area contributed by atoms with Gasteiger partial charge >= 0.3 is 0 Å². The number of aryl methyl sites for hydroxylation is 1. The van der Waals surface area contributed by atoms with Crippen molar-refractivity contribution >= 4 is 28.6 Å². The molecule has 1 amide bonds. The standard InChI is InChI=1S/C14H14F2N2OS/c1-8-5-11(16)13(6-10(8)15)17-7-14-12(3-4-20-14)18-9(2)19/h3-6,17H,7H2,1-2H3,(H,18,19). The van der Waals surface area contributed by atoms with Crippen LogP contribution in [0.1, 0.15) is 17.4 Å². The third-order valence-electron chi connectivity index (χ3n) is 2.74. The van der Waals surface area contributed by atoms with Crippen LogP contribution >= 0.6 is 11.3 Å². The second kappa shape index (κ2) is 6.00. The van der Waals surface area contributed by atoms with Gasteiger partial charge in [0.25, 0.3) is 0 Å². The molecular formula is C14H14F2N2OS. The van der Waals surface area contributed by atoms with E-state index in [9.17, 15) is 13.6 Å². The van der Waals surface area contributed by atoms with E-state index in [1.807, 2.05) is 5.38 Å². The maximum absolute atomic E-state index is 13.7. The van der Waals surface area contributed by atoms with Crippen molar-refractivity contribution in [2.24, 2.45) is 0 Å². The van der Waals surface area contributed by atoms with E-state index in [0.29, 0.717) is 12.2 Å². The average molecular weight is 296 g/mol. The first-order chi connectivity index (χ1) is 9.47. The van der Waals surface area contributed by atoms with Gasteiger partial charge in [-0.05, 0) is 30.0 Å². The van der Waals surface area contributed by atoms with Gasteiger partial charge in [-0.1, -0.05) is 0 Å².